The maximum Gasteiger partial charge on any atom is 0.230 e. The van der Waals surface area contributed by atoms with Gasteiger partial charge in [0.05, 0.1) is 11.9 Å². The van der Waals surface area contributed by atoms with E-state index < -0.39 is 6.10 Å². The lowest BCUT2D eigenvalue weighted by Crippen LogP contribution is -2.31. The Bertz CT molecular complexity index is 649. The van der Waals surface area contributed by atoms with Crippen molar-refractivity contribution in [2.45, 2.75) is 30.3 Å². The molecule has 2 rings (SSSR count). The molecule has 0 aliphatic rings. The Hall–Kier alpha value is -1.85. The van der Waals surface area contributed by atoms with Crippen molar-refractivity contribution in [3.63, 3.8) is 0 Å². The predicted octanol–water partition coefficient (Wildman–Crippen LogP) is 3.59. The van der Waals surface area contributed by atoms with E-state index in [4.69, 9.17) is 0 Å². The van der Waals surface area contributed by atoms with E-state index in [9.17, 15) is 14.3 Å². The second-order valence-corrected chi connectivity index (χ2v) is 6.73. The van der Waals surface area contributed by atoms with Crippen LogP contribution in [0, 0.1) is 5.82 Å². The summed E-state index contributed by atoms with van der Waals surface area (Å²) in [4.78, 5) is 12.5. The van der Waals surface area contributed by atoms with Crippen molar-refractivity contribution in [1.82, 2.24) is 5.32 Å². The summed E-state index contributed by atoms with van der Waals surface area (Å²) in [6.07, 6.45) is 0.130. The van der Waals surface area contributed by atoms with Gasteiger partial charge in [-0.05, 0) is 31.0 Å². The average Bonchev–Trinajstić information content (AvgIpc) is 2.58. The molecule has 0 spiro atoms. The fraction of sp³-hybridized carbons (Fsp3) is 0.316. The molecule has 0 aromatic heterocycles. The Balaban J connectivity index is 1.87. The molecule has 0 fully saturated rings. The number of carbonyl (C=O) groups is 1. The zero-order valence-corrected chi connectivity index (χ0v) is 14.4. The Labute approximate surface area is 146 Å². The van der Waals surface area contributed by atoms with Crippen LogP contribution in [0.4, 0.5) is 4.39 Å². The lowest BCUT2D eigenvalue weighted by atomic mass is 9.93. The van der Waals surface area contributed by atoms with Gasteiger partial charge >= 0.3 is 0 Å². The molecule has 0 heterocycles. The van der Waals surface area contributed by atoms with E-state index in [1.54, 1.807) is 25.1 Å². The van der Waals surface area contributed by atoms with Gasteiger partial charge in [0.15, 0.2) is 0 Å². The highest BCUT2D eigenvalue weighted by molar-refractivity contribution is 8.00. The van der Waals surface area contributed by atoms with Crippen LogP contribution in [-0.4, -0.2) is 29.4 Å². The molecule has 128 valence electrons. The fourth-order valence-corrected chi connectivity index (χ4v) is 3.24. The molecule has 2 unspecified atom stereocenters. The smallest absolute Gasteiger partial charge is 0.230 e. The Morgan fingerprint density at radius 3 is 2.50 bits per heavy atom. The molecule has 5 heteroatoms. The van der Waals surface area contributed by atoms with Gasteiger partial charge in [-0.2, -0.15) is 0 Å². The van der Waals surface area contributed by atoms with E-state index in [0.29, 0.717) is 17.9 Å². The average molecular weight is 347 g/mol. The highest BCUT2D eigenvalue weighted by Crippen LogP contribution is 2.22. The van der Waals surface area contributed by atoms with Crippen molar-refractivity contribution >= 4 is 17.7 Å². The molecule has 3 nitrogen and oxygen atoms in total. The zero-order valence-electron chi connectivity index (χ0n) is 13.6. The normalized spacial score (nSPS) is 13.3. The first-order valence-electron chi connectivity index (χ1n) is 7.93. The Morgan fingerprint density at radius 2 is 1.83 bits per heavy atom. The van der Waals surface area contributed by atoms with Gasteiger partial charge in [-0.3, -0.25) is 4.79 Å². The van der Waals surface area contributed by atoms with Gasteiger partial charge in [0.25, 0.3) is 0 Å². The van der Waals surface area contributed by atoms with Gasteiger partial charge in [-0.15, -0.1) is 11.8 Å². The van der Waals surface area contributed by atoms with E-state index in [-0.39, 0.29) is 23.4 Å². The third-order valence-corrected chi connectivity index (χ3v) is 4.69. The van der Waals surface area contributed by atoms with Crippen LogP contribution in [0.25, 0.3) is 0 Å². The number of aliphatic hydroxyl groups is 1. The van der Waals surface area contributed by atoms with E-state index in [1.807, 2.05) is 30.3 Å². The molecule has 0 saturated heterocycles. The standard InChI is InChI=1S/C19H22FNO2S/c1-14(22)11-16(15-7-3-2-4-8-15)12-21-19(23)13-24-18-10-6-5-9-17(18)20/h2-10,14,16,22H,11-13H2,1H3,(H,21,23). The minimum Gasteiger partial charge on any atom is -0.393 e. The summed E-state index contributed by atoms with van der Waals surface area (Å²) in [5.41, 5.74) is 1.08. The number of carbonyl (C=O) groups excluding carboxylic acids is 1. The number of rotatable bonds is 8. The van der Waals surface area contributed by atoms with Crippen LogP contribution in [0.2, 0.25) is 0 Å². The summed E-state index contributed by atoms with van der Waals surface area (Å²) in [5, 5.41) is 12.6. The third-order valence-electron chi connectivity index (χ3n) is 3.64. The maximum absolute atomic E-state index is 13.5. The molecule has 2 N–H and O–H groups in total. The van der Waals surface area contributed by atoms with Crippen LogP contribution in [-0.2, 0) is 4.79 Å². The van der Waals surface area contributed by atoms with Crippen LogP contribution in [0.3, 0.4) is 0 Å². The van der Waals surface area contributed by atoms with Gasteiger partial charge in [0.2, 0.25) is 5.91 Å². The molecule has 1 amide bonds. The Morgan fingerprint density at radius 1 is 1.17 bits per heavy atom. The van der Waals surface area contributed by atoms with Gasteiger partial charge in [0, 0.05) is 17.4 Å². The molecule has 2 aromatic rings. The molecule has 2 aromatic carbocycles. The third kappa shape index (κ3) is 5.98. The van der Waals surface area contributed by atoms with E-state index in [0.717, 1.165) is 5.56 Å². The second kappa shape index (κ2) is 9.45. The van der Waals surface area contributed by atoms with E-state index in [2.05, 4.69) is 5.32 Å². The monoisotopic (exact) mass is 347 g/mol. The first kappa shape index (κ1) is 18.5. The fourth-order valence-electron chi connectivity index (χ4n) is 2.47. The molecule has 0 aliphatic carbocycles. The van der Waals surface area contributed by atoms with E-state index in [1.165, 1.54) is 17.8 Å². The number of benzene rings is 2. The lowest BCUT2D eigenvalue weighted by molar-refractivity contribution is -0.118. The number of hydrogen-bond acceptors (Lipinski definition) is 3. The molecule has 0 saturated carbocycles. The summed E-state index contributed by atoms with van der Waals surface area (Å²) >= 11 is 1.18. The number of halogens is 1. The molecule has 2 atom stereocenters. The molecule has 0 aliphatic heterocycles. The summed E-state index contributed by atoms with van der Waals surface area (Å²) in [7, 11) is 0. The number of aliphatic hydroxyl groups excluding tert-OH is 1. The minimum absolute atomic E-state index is 0.0496. The summed E-state index contributed by atoms with van der Waals surface area (Å²) < 4.78 is 13.5. The van der Waals surface area contributed by atoms with Crippen LogP contribution in [0.5, 0.6) is 0 Å². The number of amides is 1. The topological polar surface area (TPSA) is 49.3 Å². The van der Waals surface area contributed by atoms with Crippen molar-refractivity contribution in [3.05, 3.63) is 66.0 Å². The van der Waals surface area contributed by atoms with Gasteiger partial charge < -0.3 is 10.4 Å². The Kier molecular flexibility index (Phi) is 7.28. The van der Waals surface area contributed by atoms with Crippen molar-refractivity contribution < 1.29 is 14.3 Å². The first-order valence-corrected chi connectivity index (χ1v) is 8.92. The second-order valence-electron chi connectivity index (χ2n) is 5.72. The van der Waals surface area contributed by atoms with Gasteiger partial charge in [-0.25, -0.2) is 4.39 Å². The maximum atomic E-state index is 13.5. The highest BCUT2D eigenvalue weighted by Gasteiger charge is 2.15. The predicted molar refractivity (Wildman–Crippen MR) is 95.6 cm³/mol. The van der Waals surface area contributed by atoms with Gasteiger partial charge in [-0.1, -0.05) is 42.5 Å². The van der Waals surface area contributed by atoms with Crippen molar-refractivity contribution in [3.8, 4) is 0 Å². The summed E-state index contributed by atoms with van der Waals surface area (Å²) in [5.74, 6) is -0.244. The molecule has 0 bridgehead atoms. The zero-order chi connectivity index (χ0) is 17.4. The molecule has 24 heavy (non-hydrogen) atoms. The van der Waals surface area contributed by atoms with Crippen LogP contribution in [0.15, 0.2) is 59.5 Å². The SMILES string of the molecule is CC(O)CC(CNC(=O)CSc1ccccc1F)c1ccccc1. The number of nitrogens with one attached hydrogen (secondary N) is 1. The van der Waals surface area contributed by atoms with Crippen molar-refractivity contribution in [1.29, 1.82) is 0 Å². The lowest BCUT2D eigenvalue weighted by Gasteiger charge is -2.19. The molecular formula is C19H22FNO2S. The van der Waals surface area contributed by atoms with Gasteiger partial charge in [0.1, 0.15) is 5.82 Å². The summed E-state index contributed by atoms with van der Waals surface area (Å²) in [6.45, 7) is 2.19. The largest absolute Gasteiger partial charge is 0.393 e. The van der Waals surface area contributed by atoms with Crippen LogP contribution in [0.1, 0.15) is 24.8 Å². The number of hydrogen-bond donors (Lipinski definition) is 2. The quantitative estimate of drug-likeness (QED) is 0.718. The minimum atomic E-state index is -0.445. The highest BCUT2D eigenvalue weighted by atomic mass is 32.2. The first-order chi connectivity index (χ1) is 11.6. The van der Waals surface area contributed by atoms with Crippen LogP contribution < -0.4 is 5.32 Å². The molecular weight excluding hydrogens is 325 g/mol. The van der Waals surface area contributed by atoms with Crippen molar-refractivity contribution in [2.24, 2.45) is 0 Å². The number of thioether (sulfide) groups is 1. The molecule has 0 radical (unpaired) electrons. The van der Waals surface area contributed by atoms with Crippen LogP contribution >= 0.6 is 11.8 Å². The van der Waals surface area contributed by atoms with E-state index >= 15 is 0 Å². The van der Waals surface area contributed by atoms with Crippen molar-refractivity contribution in [2.75, 3.05) is 12.3 Å². The summed E-state index contributed by atoms with van der Waals surface area (Å²) in [6, 6.07) is 16.2.